The molecule has 0 bridgehead atoms. The van der Waals surface area contributed by atoms with Crippen molar-refractivity contribution in [3.05, 3.63) is 130 Å². The molecule has 0 N–H and O–H groups in total. The number of para-hydroxylation sites is 2. The number of carbonyl (C=O) groups is 3. The molecule has 6 heteroatoms. The number of carbonyl (C=O) groups excluding carboxylic acids is 3. The van der Waals surface area contributed by atoms with Gasteiger partial charge in [0.25, 0.3) is 0 Å². The molecule has 1 saturated heterocycles. The van der Waals surface area contributed by atoms with Gasteiger partial charge in [-0.25, -0.2) is 0 Å². The standard InChI is InChI=1S/C32H25BrN2O3/c33-24-13-9-12-23(18-24)20-32(27-19-29(36)35(30(27)37)25-14-5-2-6-15-25)26-16-7-8-17-28(26)34(31(32)38)21-22-10-3-1-4-11-22/h1-18,27H,19-21H2/t27-,32+/m0/s1. The number of imide groups is 1. The van der Waals surface area contributed by atoms with Crippen molar-refractivity contribution in [2.24, 2.45) is 5.92 Å². The third-order valence-corrected chi connectivity index (χ3v) is 8.11. The average molecular weight is 565 g/mol. The maximum atomic E-state index is 14.7. The lowest BCUT2D eigenvalue weighted by atomic mass is 9.66. The number of benzene rings is 4. The zero-order valence-corrected chi connectivity index (χ0v) is 22.2. The van der Waals surface area contributed by atoms with Gasteiger partial charge in [0.05, 0.1) is 23.6 Å². The molecule has 4 aromatic carbocycles. The molecule has 1 fully saturated rings. The van der Waals surface area contributed by atoms with Crippen LogP contribution < -0.4 is 9.80 Å². The van der Waals surface area contributed by atoms with E-state index in [-0.39, 0.29) is 24.1 Å². The summed E-state index contributed by atoms with van der Waals surface area (Å²) in [6.07, 6.45) is 0.279. The summed E-state index contributed by atoms with van der Waals surface area (Å²) < 4.78 is 0.893. The summed E-state index contributed by atoms with van der Waals surface area (Å²) >= 11 is 3.55. The van der Waals surface area contributed by atoms with Crippen molar-refractivity contribution in [3.63, 3.8) is 0 Å². The number of anilines is 2. The van der Waals surface area contributed by atoms with Crippen molar-refractivity contribution >= 4 is 45.0 Å². The van der Waals surface area contributed by atoms with E-state index in [2.05, 4.69) is 15.9 Å². The topological polar surface area (TPSA) is 57.7 Å². The predicted octanol–water partition coefficient (Wildman–Crippen LogP) is 6.06. The van der Waals surface area contributed by atoms with Gasteiger partial charge in [-0.2, -0.15) is 0 Å². The minimum Gasteiger partial charge on any atom is -0.307 e. The molecule has 2 aliphatic rings. The lowest BCUT2D eigenvalue weighted by Crippen LogP contribution is -2.50. The second kappa shape index (κ2) is 9.69. The maximum Gasteiger partial charge on any atom is 0.239 e. The Labute approximate surface area is 229 Å². The zero-order chi connectivity index (χ0) is 26.3. The fourth-order valence-electron chi connectivity index (χ4n) is 5.94. The van der Waals surface area contributed by atoms with Crippen molar-refractivity contribution in [1.82, 2.24) is 0 Å². The Morgan fingerprint density at radius 2 is 1.42 bits per heavy atom. The number of nitrogens with zero attached hydrogens (tertiary/aromatic N) is 2. The van der Waals surface area contributed by atoms with Crippen molar-refractivity contribution in [2.75, 3.05) is 9.80 Å². The van der Waals surface area contributed by atoms with Crippen molar-refractivity contribution in [1.29, 1.82) is 0 Å². The molecule has 38 heavy (non-hydrogen) atoms. The van der Waals surface area contributed by atoms with Gasteiger partial charge in [0.15, 0.2) is 0 Å². The van der Waals surface area contributed by atoms with Gasteiger partial charge in [-0.3, -0.25) is 19.3 Å². The van der Waals surface area contributed by atoms with Crippen molar-refractivity contribution in [3.8, 4) is 0 Å². The Kier molecular flexibility index (Phi) is 6.20. The van der Waals surface area contributed by atoms with Gasteiger partial charge in [-0.15, -0.1) is 0 Å². The molecule has 0 aromatic heterocycles. The number of amides is 3. The molecule has 3 amide bonds. The summed E-state index contributed by atoms with van der Waals surface area (Å²) in [4.78, 5) is 45.2. The highest BCUT2D eigenvalue weighted by Gasteiger charge is 2.61. The van der Waals surface area contributed by atoms with Crippen LogP contribution in [0.25, 0.3) is 0 Å². The third kappa shape index (κ3) is 3.96. The van der Waals surface area contributed by atoms with E-state index in [4.69, 9.17) is 0 Å². The summed E-state index contributed by atoms with van der Waals surface area (Å²) in [7, 11) is 0. The quantitative estimate of drug-likeness (QED) is 0.267. The maximum absolute atomic E-state index is 14.7. The third-order valence-electron chi connectivity index (χ3n) is 7.61. The largest absolute Gasteiger partial charge is 0.307 e. The molecule has 5 nitrogen and oxygen atoms in total. The molecule has 2 atom stereocenters. The summed E-state index contributed by atoms with van der Waals surface area (Å²) in [6, 6.07) is 34.3. The Bertz CT molecular complexity index is 1540. The molecule has 0 spiro atoms. The molecule has 2 heterocycles. The van der Waals surface area contributed by atoms with Gasteiger partial charge < -0.3 is 4.90 Å². The highest BCUT2D eigenvalue weighted by molar-refractivity contribution is 9.10. The summed E-state index contributed by atoms with van der Waals surface area (Å²) in [5.41, 5.74) is 2.80. The SMILES string of the molecule is O=C1C[C@H]([C@]2(Cc3cccc(Br)c3)C(=O)N(Cc3ccccc3)c3ccccc32)C(=O)N1c1ccccc1. The monoisotopic (exact) mass is 564 g/mol. The molecule has 4 aromatic rings. The van der Waals surface area contributed by atoms with Gasteiger partial charge in [0, 0.05) is 16.6 Å². The summed E-state index contributed by atoms with van der Waals surface area (Å²) in [6.45, 7) is 0.383. The molecule has 2 aliphatic heterocycles. The molecule has 6 rings (SSSR count). The summed E-state index contributed by atoms with van der Waals surface area (Å²) in [5.74, 6) is -1.60. The van der Waals surface area contributed by atoms with Crippen molar-refractivity contribution < 1.29 is 14.4 Å². The Hall–Kier alpha value is -4.03. The van der Waals surface area contributed by atoms with Crippen LogP contribution in [0.15, 0.2) is 114 Å². The number of hydrogen-bond acceptors (Lipinski definition) is 3. The first-order valence-corrected chi connectivity index (χ1v) is 13.4. The zero-order valence-electron chi connectivity index (χ0n) is 20.6. The van der Waals surface area contributed by atoms with Crippen LogP contribution in [-0.4, -0.2) is 17.7 Å². The van der Waals surface area contributed by atoms with E-state index in [0.717, 1.165) is 26.9 Å². The van der Waals surface area contributed by atoms with Crippen LogP contribution in [0, 0.1) is 5.92 Å². The van der Waals surface area contributed by atoms with Gasteiger partial charge >= 0.3 is 0 Å². The molecule has 0 unspecified atom stereocenters. The van der Waals surface area contributed by atoms with Crippen LogP contribution in [0.1, 0.15) is 23.1 Å². The lowest BCUT2D eigenvalue weighted by molar-refractivity contribution is -0.131. The lowest BCUT2D eigenvalue weighted by Gasteiger charge is -2.33. The fraction of sp³-hybridized carbons (Fsp3) is 0.156. The van der Waals surface area contributed by atoms with Gasteiger partial charge in [0.2, 0.25) is 17.7 Å². The van der Waals surface area contributed by atoms with Gasteiger partial charge in [-0.05, 0) is 53.4 Å². The van der Waals surface area contributed by atoms with Crippen LogP contribution in [0.3, 0.4) is 0 Å². The van der Waals surface area contributed by atoms with E-state index in [1.807, 2.05) is 84.9 Å². The number of fused-ring (bicyclic) bond motifs is 1. The minimum atomic E-state index is -1.22. The Morgan fingerprint density at radius 3 is 2.16 bits per heavy atom. The fourth-order valence-corrected chi connectivity index (χ4v) is 6.39. The van der Waals surface area contributed by atoms with Crippen LogP contribution in [0.4, 0.5) is 11.4 Å². The van der Waals surface area contributed by atoms with E-state index in [9.17, 15) is 14.4 Å². The van der Waals surface area contributed by atoms with Crippen LogP contribution >= 0.6 is 15.9 Å². The Balaban J connectivity index is 1.51. The van der Waals surface area contributed by atoms with E-state index in [1.54, 1.807) is 29.2 Å². The van der Waals surface area contributed by atoms with E-state index >= 15 is 0 Å². The first kappa shape index (κ1) is 24.3. The first-order valence-electron chi connectivity index (χ1n) is 12.6. The van der Waals surface area contributed by atoms with Gasteiger partial charge in [-0.1, -0.05) is 94.8 Å². The smallest absolute Gasteiger partial charge is 0.239 e. The van der Waals surface area contributed by atoms with E-state index < -0.39 is 11.3 Å². The average Bonchev–Trinajstić information content (AvgIpc) is 3.36. The minimum absolute atomic E-state index is 0.0268. The van der Waals surface area contributed by atoms with E-state index in [0.29, 0.717) is 18.7 Å². The molecular formula is C32H25BrN2O3. The predicted molar refractivity (Wildman–Crippen MR) is 151 cm³/mol. The Morgan fingerprint density at radius 1 is 0.763 bits per heavy atom. The first-order chi connectivity index (χ1) is 18.5. The molecule has 188 valence electrons. The number of hydrogen-bond donors (Lipinski definition) is 0. The summed E-state index contributed by atoms with van der Waals surface area (Å²) in [5, 5.41) is 0. The van der Waals surface area contributed by atoms with Crippen LogP contribution in [0.5, 0.6) is 0 Å². The van der Waals surface area contributed by atoms with Crippen LogP contribution in [-0.2, 0) is 32.8 Å². The molecular weight excluding hydrogens is 540 g/mol. The molecule has 0 aliphatic carbocycles. The number of halogens is 1. The highest BCUT2D eigenvalue weighted by atomic mass is 79.9. The van der Waals surface area contributed by atoms with Crippen molar-refractivity contribution in [2.45, 2.75) is 24.8 Å². The number of rotatable bonds is 6. The molecule has 0 saturated carbocycles. The van der Waals surface area contributed by atoms with E-state index in [1.165, 1.54) is 4.90 Å². The van der Waals surface area contributed by atoms with Gasteiger partial charge in [0.1, 0.15) is 0 Å². The van der Waals surface area contributed by atoms with Crippen LogP contribution in [0.2, 0.25) is 0 Å². The molecule has 0 radical (unpaired) electrons. The normalized spacial score (nSPS) is 20.8. The second-order valence-electron chi connectivity index (χ2n) is 9.83. The second-order valence-corrected chi connectivity index (χ2v) is 10.7. The highest BCUT2D eigenvalue weighted by Crippen LogP contribution is 2.52.